The number of nitrogens with one attached hydrogen (secondary N) is 1. The topological polar surface area (TPSA) is 92.1 Å². The van der Waals surface area contributed by atoms with Gasteiger partial charge in [-0.3, -0.25) is 14.7 Å². The standard InChI is InChI=1S/C31H21ClN4O3/c1-19-7-16-26-27(17-19)39-29(34-26)25-18-33-35-28(25)20-10-14-24(15-11-20)36(30(37)21-5-3-2-4-6-21)31(38)22-8-12-23(32)13-9-22/h2-18H,1H3,(H,33,35). The summed E-state index contributed by atoms with van der Waals surface area (Å²) in [6.45, 7) is 2.00. The molecule has 190 valence electrons. The fourth-order valence-electron chi connectivity index (χ4n) is 4.35. The Balaban J connectivity index is 1.37. The van der Waals surface area contributed by atoms with Crippen molar-refractivity contribution < 1.29 is 14.0 Å². The Morgan fingerprint density at radius 1 is 0.846 bits per heavy atom. The number of imide groups is 1. The van der Waals surface area contributed by atoms with Gasteiger partial charge in [0.1, 0.15) is 11.2 Å². The molecule has 0 fully saturated rings. The van der Waals surface area contributed by atoms with E-state index < -0.39 is 11.8 Å². The summed E-state index contributed by atoms with van der Waals surface area (Å²) in [4.78, 5) is 32.9. The summed E-state index contributed by atoms with van der Waals surface area (Å²) < 4.78 is 6.01. The largest absolute Gasteiger partial charge is 0.436 e. The van der Waals surface area contributed by atoms with Gasteiger partial charge in [0.05, 0.1) is 11.3 Å². The number of aromatic nitrogens is 3. The Kier molecular flexibility index (Phi) is 6.26. The Morgan fingerprint density at radius 3 is 2.26 bits per heavy atom. The number of hydrogen-bond donors (Lipinski definition) is 1. The maximum absolute atomic E-state index is 13.6. The highest BCUT2D eigenvalue weighted by Crippen LogP contribution is 2.33. The van der Waals surface area contributed by atoms with Gasteiger partial charge in [0, 0.05) is 27.9 Å². The van der Waals surface area contributed by atoms with Crippen LogP contribution in [0.25, 0.3) is 33.8 Å². The van der Waals surface area contributed by atoms with Crippen LogP contribution in [0, 0.1) is 6.92 Å². The van der Waals surface area contributed by atoms with E-state index in [0.29, 0.717) is 44.6 Å². The predicted octanol–water partition coefficient (Wildman–Crippen LogP) is 7.33. The minimum Gasteiger partial charge on any atom is -0.436 e. The number of hydrogen-bond acceptors (Lipinski definition) is 5. The summed E-state index contributed by atoms with van der Waals surface area (Å²) in [6.07, 6.45) is 1.73. The first-order valence-corrected chi connectivity index (χ1v) is 12.6. The number of rotatable bonds is 5. The number of oxazole rings is 1. The molecule has 0 radical (unpaired) electrons. The van der Waals surface area contributed by atoms with Gasteiger partial charge in [-0.2, -0.15) is 5.10 Å². The van der Waals surface area contributed by atoms with Crippen LogP contribution in [0.2, 0.25) is 5.02 Å². The molecule has 2 heterocycles. The van der Waals surface area contributed by atoms with Crippen LogP contribution in [-0.4, -0.2) is 27.0 Å². The molecule has 2 aromatic heterocycles. The molecular formula is C31H21ClN4O3. The van der Waals surface area contributed by atoms with Crippen molar-refractivity contribution in [1.29, 1.82) is 0 Å². The van der Waals surface area contributed by atoms with Gasteiger partial charge >= 0.3 is 0 Å². The molecule has 8 heteroatoms. The van der Waals surface area contributed by atoms with Gasteiger partial charge in [0.15, 0.2) is 5.58 Å². The molecule has 0 atom stereocenters. The predicted molar refractivity (Wildman–Crippen MR) is 151 cm³/mol. The molecule has 0 aliphatic carbocycles. The molecule has 0 bridgehead atoms. The van der Waals surface area contributed by atoms with E-state index in [-0.39, 0.29) is 0 Å². The lowest BCUT2D eigenvalue weighted by molar-refractivity contribution is 0.0897. The second kappa shape index (κ2) is 10.0. The van der Waals surface area contributed by atoms with Crippen molar-refractivity contribution in [3.63, 3.8) is 0 Å². The van der Waals surface area contributed by atoms with Gasteiger partial charge < -0.3 is 4.42 Å². The summed E-state index contributed by atoms with van der Waals surface area (Å²) in [5.74, 6) is -0.455. The first-order chi connectivity index (χ1) is 19.0. The van der Waals surface area contributed by atoms with E-state index in [2.05, 4.69) is 15.2 Å². The quantitative estimate of drug-likeness (QED) is 0.235. The van der Waals surface area contributed by atoms with E-state index in [4.69, 9.17) is 16.0 Å². The number of H-pyrrole nitrogens is 1. The van der Waals surface area contributed by atoms with E-state index in [1.807, 2.05) is 43.3 Å². The van der Waals surface area contributed by atoms with Crippen molar-refractivity contribution in [1.82, 2.24) is 15.2 Å². The van der Waals surface area contributed by atoms with E-state index in [1.54, 1.807) is 66.9 Å². The Bertz CT molecular complexity index is 1810. The van der Waals surface area contributed by atoms with E-state index in [9.17, 15) is 9.59 Å². The molecule has 4 aromatic carbocycles. The van der Waals surface area contributed by atoms with Crippen molar-refractivity contribution in [2.45, 2.75) is 6.92 Å². The van der Waals surface area contributed by atoms with Gasteiger partial charge in [-0.25, -0.2) is 9.88 Å². The van der Waals surface area contributed by atoms with Gasteiger partial charge in [-0.1, -0.05) is 48.0 Å². The lowest BCUT2D eigenvalue weighted by Gasteiger charge is -2.21. The van der Waals surface area contributed by atoms with Crippen molar-refractivity contribution in [3.05, 3.63) is 125 Å². The molecule has 2 amide bonds. The Morgan fingerprint density at radius 2 is 1.54 bits per heavy atom. The zero-order valence-corrected chi connectivity index (χ0v) is 21.5. The van der Waals surface area contributed by atoms with E-state index >= 15 is 0 Å². The maximum atomic E-state index is 13.6. The van der Waals surface area contributed by atoms with Crippen LogP contribution in [0.15, 0.2) is 108 Å². The lowest BCUT2D eigenvalue weighted by Crippen LogP contribution is -2.37. The highest BCUT2D eigenvalue weighted by atomic mass is 35.5. The molecule has 0 unspecified atom stereocenters. The molecule has 0 spiro atoms. The number of carbonyl (C=O) groups excluding carboxylic acids is 2. The summed E-state index contributed by atoms with van der Waals surface area (Å²) in [5.41, 5.74) is 5.79. The number of amides is 2. The first kappa shape index (κ1) is 24.3. The molecule has 0 aliphatic rings. The molecule has 0 aliphatic heterocycles. The smallest absolute Gasteiger partial charge is 0.265 e. The third kappa shape index (κ3) is 4.71. The van der Waals surface area contributed by atoms with Crippen LogP contribution in [0.1, 0.15) is 26.3 Å². The number of aromatic amines is 1. The fourth-order valence-corrected chi connectivity index (χ4v) is 4.47. The van der Waals surface area contributed by atoms with E-state index in [0.717, 1.165) is 21.5 Å². The molecule has 39 heavy (non-hydrogen) atoms. The lowest BCUT2D eigenvalue weighted by atomic mass is 10.1. The minimum atomic E-state index is -0.463. The maximum Gasteiger partial charge on any atom is 0.265 e. The SMILES string of the molecule is Cc1ccc2nc(-c3c[nH]nc3-c3ccc(N(C(=O)c4ccccc4)C(=O)c4ccc(Cl)cc4)cc3)oc2c1. The summed E-state index contributed by atoms with van der Waals surface area (Å²) in [6, 6.07) is 28.0. The van der Waals surface area contributed by atoms with Crippen molar-refractivity contribution in [3.8, 4) is 22.7 Å². The molecule has 6 rings (SSSR count). The number of nitrogens with zero attached hydrogens (tertiary/aromatic N) is 3. The average Bonchev–Trinajstić information content (AvgIpc) is 3.61. The minimum absolute atomic E-state index is 0.341. The third-order valence-corrected chi connectivity index (χ3v) is 6.58. The van der Waals surface area contributed by atoms with Crippen LogP contribution >= 0.6 is 11.6 Å². The fraction of sp³-hybridized carbons (Fsp3) is 0.0323. The monoisotopic (exact) mass is 532 g/mol. The van der Waals surface area contributed by atoms with Crippen LogP contribution in [0.5, 0.6) is 0 Å². The van der Waals surface area contributed by atoms with Crippen molar-refractivity contribution >= 4 is 40.2 Å². The number of anilines is 1. The zero-order valence-electron chi connectivity index (χ0n) is 20.8. The number of benzene rings is 4. The molecule has 0 saturated heterocycles. The third-order valence-electron chi connectivity index (χ3n) is 6.33. The normalized spacial score (nSPS) is 11.0. The van der Waals surface area contributed by atoms with Crippen LogP contribution < -0.4 is 4.90 Å². The van der Waals surface area contributed by atoms with E-state index in [1.165, 1.54) is 0 Å². The average molecular weight is 533 g/mol. The van der Waals surface area contributed by atoms with Crippen LogP contribution in [0.3, 0.4) is 0 Å². The molecule has 7 nitrogen and oxygen atoms in total. The van der Waals surface area contributed by atoms with Gasteiger partial charge in [0.25, 0.3) is 11.8 Å². The van der Waals surface area contributed by atoms with Gasteiger partial charge in [-0.15, -0.1) is 0 Å². The summed E-state index contributed by atoms with van der Waals surface area (Å²) in [7, 11) is 0. The number of carbonyl (C=O) groups is 2. The number of halogens is 1. The van der Waals surface area contributed by atoms with Crippen molar-refractivity contribution in [2.75, 3.05) is 4.90 Å². The summed E-state index contributed by atoms with van der Waals surface area (Å²) in [5, 5.41) is 7.81. The zero-order chi connectivity index (χ0) is 26.9. The Labute approximate surface area is 228 Å². The Hall–Kier alpha value is -5.01. The molecular weight excluding hydrogens is 512 g/mol. The highest BCUT2D eigenvalue weighted by Gasteiger charge is 2.26. The highest BCUT2D eigenvalue weighted by molar-refractivity contribution is 6.31. The van der Waals surface area contributed by atoms with Crippen LogP contribution in [0.4, 0.5) is 5.69 Å². The molecule has 0 saturated carbocycles. The van der Waals surface area contributed by atoms with Crippen molar-refractivity contribution in [2.24, 2.45) is 0 Å². The van der Waals surface area contributed by atoms with Gasteiger partial charge in [-0.05, 0) is 73.2 Å². The number of fused-ring (bicyclic) bond motifs is 1. The van der Waals surface area contributed by atoms with Gasteiger partial charge in [0.2, 0.25) is 5.89 Å². The van der Waals surface area contributed by atoms with Crippen LogP contribution in [-0.2, 0) is 0 Å². The molecule has 6 aromatic rings. The first-order valence-electron chi connectivity index (χ1n) is 12.2. The molecule has 1 N–H and O–H groups in total. The second-order valence-electron chi connectivity index (χ2n) is 9.00. The number of aryl methyl sites for hydroxylation is 1. The summed E-state index contributed by atoms with van der Waals surface area (Å²) >= 11 is 6.01. The second-order valence-corrected chi connectivity index (χ2v) is 9.44.